The summed E-state index contributed by atoms with van der Waals surface area (Å²) >= 11 is 0. The number of nitrogens with zero attached hydrogens (tertiary/aromatic N) is 1. The Bertz CT molecular complexity index is 597. The zero-order valence-electron chi connectivity index (χ0n) is 14.7. The second-order valence-corrected chi connectivity index (χ2v) is 10.4. The van der Waals surface area contributed by atoms with Crippen LogP contribution in [0.15, 0.2) is 0 Å². The fourth-order valence-corrected chi connectivity index (χ4v) is 6.62. The fourth-order valence-electron chi connectivity index (χ4n) is 5.76. The van der Waals surface area contributed by atoms with Gasteiger partial charge in [0.1, 0.15) is 0 Å². The molecule has 0 saturated heterocycles. The van der Waals surface area contributed by atoms with Crippen LogP contribution in [0.1, 0.15) is 58.8 Å². The molecule has 4 saturated carbocycles. The SMILES string of the molecule is CC(C)N(C)C(=O)C(F)(CC12CC3CC(CC(C3)C1)C2)S(=O)(=O)O. The van der Waals surface area contributed by atoms with Crippen molar-refractivity contribution < 1.29 is 22.2 Å². The molecule has 4 aliphatic rings. The van der Waals surface area contributed by atoms with Crippen LogP contribution in [-0.2, 0) is 14.9 Å². The van der Waals surface area contributed by atoms with E-state index in [9.17, 15) is 17.8 Å². The molecule has 0 heterocycles. The first kappa shape index (κ1) is 18.1. The summed E-state index contributed by atoms with van der Waals surface area (Å²) in [4.78, 5) is 13.7. The van der Waals surface area contributed by atoms with E-state index in [2.05, 4.69) is 0 Å². The molecular weight excluding hydrogens is 333 g/mol. The van der Waals surface area contributed by atoms with Gasteiger partial charge in [-0.1, -0.05) is 0 Å². The van der Waals surface area contributed by atoms with Crippen molar-refractivity contribution in [3.05, 3.63) is 0 Å². The van der Waals surface area contributed by atoms with E-state index >= 15 is 4.39 Å². The lowest BCUT2D eigenvalue weighted by Gasteiger charge is -2.57. The van der Waals surface area contributed by atoms with Gasteiger partial charge in [0.05, 0.1) is 0 Å². The van der Waals surface area contributed by atoms with E-state index in [-0.39, 0.29) is 6.04 Å². The van der Waals surface area contributed by atoms with Crippen LogP contribution in [0.4, 0.5) is 4.39 Å². The smallest absolute Gasteiger partial charge is 0.312 e. The normalized spacial score (nSPS) is 37.5. The molecule has 5 nitrogen and oxygen atoms in total. The number of halogens is 1. The van der Waals surface area contributed by atoms with E-state index in [4.69, 9.17) is 0 Å². The van der Waals surface area contributed by atoms with Crippen molar-refractivity contribution in [3.8, 4) is 0 Å². The van der Waals surface area contributed by atoms with E-state index < -0.39 is 32.9 Å². The van der Waals surface area contributed by atoms with Crippen LogP contribution >= 0.6 is 0 Å². The molecule has 1 amide bonds. The average molecular weight is 361 g/mol. The molecule has 138 valence electrons. The van der Waals surface area contributed by atoms with Crippen LogP contribution in [0.5, 0.6) is 0 Å². The monoisotopic (exact) mass is 361 g/mol. The van der Waals surface area contributed by atoms with Gasteiger partial charge in [-0.05, 0) is 75.5 Å². The van der Waals surface area contributed by atoms with Gasteiger partial charge in [0.2, 0.25) is 0 Å². The Balaban J connectivity index is 1.92. The van der Waals surface area contributed by atoms with Crippen LogP contribution in [0.3, 0.4) is 0 Å². The maximum Gasteiger partial charge on any atom is 0.312 e. The summed E-state index contributed by atoms with van der Waals surface area (Å²) in [5.41, 5.74) is -0.465. The molecule has 4 fully saturated rings. The summed E-state index contributed by atoms with van der Waals surface area (Å²) in [6.07, 6.45) is 5.35. The van der Waals surface area contributed by atoms with Crippen molar-refractivity contribution in [1.82, 2.24) is 4.90 Å². The van der Waals surface area contributed by atoms with Crippen LogP contribution in [0.25, 0.3) is 0 Å². The van der Waals surface area contributed by atoms with Gasteiger partial charge >= 0.3 is 15.1 Å². The number of hydrogen-bond donors (Lipinski definition) is 1. The topological polar surface area (TPSA) is 74.7 Å². The van der Waals surface area contributed by atoms with E-state index in [0.29, 0.717) is 17.8 Å². The minimum atomic E-state index is -5.14. The Morgan fingerprint density at radius 2 is 1.62 bits per heavy atom. The van der Waals surface area contributed by atoms with Crippen molar-refractivity contribution in [1.29, 1.82) is 0 Å². The highest BCUT2D eigenvalue weighted by Gasteiger charge is 2.61. The Morgan fingerprint density at radius 1 is 1.21 bits per heavy atom. The van der Waals surface area contributed by atoms with Crippen LogP contribution in [0, 0.1) is 23.2 Å². The second kappa shape index (κ2) is 5.66. The third-order valence-electron chi connectivity index (χ3n) is 6.59. The average Bonchev–Trinajstić information content (AvgIpc) is 2.42. The maximum atomic E-state index is 15.6. The van der Waals surface area contributed by atoms with E-state index in [1.807, 2.05) is 0 Å². The highest BCUT2D eigenvalue weighted by atomic mass is 32.2. The molecule has 0 aromatic carbocycles. The predicted octanol–water partition coefficient (Wildman–Crippen LogP) is 3.01. The predicted molar refractivity (Wildman–Crippen MR) is 88.5 cm³/mol. The largest absolute Gasteiger partial charge is 0.340 e. The number of carbonyl (C=O) groups is 1. The van der Waals surface area contributed by atoms with Crippen molar-refractivity contribution in [2.24, 2.45) is 23.2 Å². The highest BCUT2D eigenvalue weighted by Crippen LogP contribution is 2.63. The number of rotatable bonds is 5. The summed E-state index contributed by atoms with van der Waals surface area (Å²) in [7, 11) is -3.76. The van der Waals surface area contributed by atoms with Gasteiger partial charge in [0, 0.05) is 19.5 Å². The zero-order valence-corrected chi connectivity index (χ0v) is 15.5. The van der Waals surface area contributed by atoms with E-state index in [1.165, 1.54) is 7.05 Å². The molecule has 0 radical (unpaired) electrons. The molecule has 4 rings (SSSR count). The number of hydrogen-bond acceptors (Lipinski definition) is 3. The lowest BCUT2D eigenvalue weighted by Crippen LogP contribution is -2.56. The first-order valence-electron chi connectivity index (χ1n) is 8.89. The third kappa shape index (κ3) is 2.87. The molecule has 0 spiro atoms. The molecule has 1 N–H and O–H groups in total. The Morgan fingerprint density at radius 3 is 1.96 bits per heavy atom. The van der Waals surface area contributed by atoms with Gasteiger partial charge in [-0.3, -0.25) is 9.35 Å². The molecule has 1 unspecified atom stereocenters. The van der Waals surface area contributed by atoms with Gasteiger partial charge in [0.25, 0.3) is 5.91 Å². The van der Waals surface area contributed by atoms with Gasteiger partial charge in [-0.25, -0.2) is 4.39 Å². The summed E-state index contributed by atoms with van der Waals surface area (Å²) in [6, 6.07) is -0.342. The minimum Gasteiger partial charge on any atom is -0.340 e. The van der Waals surface area contributed by atoms with E-state index in [1.54, 1.807) is 13.8 Å². The van der Waals surface area contributed by atoms with Gasteiger partial charge < -0.3 is 4.90 Å². The molecule has 7 heteroatoms. The second-order valence-electron chi connectivity index (χ2n) is 8.81. The lowest BCUT2D eigenvalue weighted by molar-refractivity contribution is -0.144. The number of amides is 1. The Kier molecular flexibility index (Phi) is 4.27. The van der Waals surface area contributed by atoms with Crippen molar-refractivity contribution in [2.75, 3.05) is 7.05 Å². The molecule has 0 aliphatic heterocycles. The molecule has 24 heavy (non-hydrogen) atoms. The molecule has 0 aromatic rings. The van der Waals surface area contributed by atoms with Gasteiger partial charge in [-0.15, -0.1) is 0 Å². The summed E-state index contributed by atoms with van der Waals surface area (Å²) in [5, 5.41) is -3.24. The maximum absolute atomic E-state index is 15.6. The first-order valence-corrected chi connectivity index (χ1v) is 10.3. The van der Waals surface area contributed by atoms with Crippen LogP contribution < -0.4 is 0 Å². The third-order valence-corrected chi connectivity index (χ3v) is 7.73. The van der Waals surface area contributed by atoms with Crippen molar-refractivity contribution >= 4 is 16.0 Å². The summed E-state index contributed by atoms with van der Waals surface area (Å²) in [5.74, 6) is 0.398. The minimum absolute atomic E-state index is 0.342. The van der Waals surface area contributed by atoms with Gasteiger partial charge in [-0.2, -0.15) is 8.42 Å². The standard InChI is InChI=1S/C17H28FNO4S/c1-11(2)19(3)15(20)17(18,24(21,22)23)10-16-7-12-4-13(8-16)6-14(5-12)9-16/h11-14H,4-10H2,1-3H3,(H,21,22,23). The fraction of sp³-hybridized carbons (Fsp3) is 0.941. The van der Waals surface area contributed by atoms with Crippen molar-refractivity contribution in [3.63, 3.8) is 0 Å². The Hall–Kier alpha value is -0.690. The van der Waals surface area contributed by atoms with Crippen LogP contribution in [-0.4, -0.2) is 41.9 Å². The zero-order chi connectivity index (χ0) is 17.9. The lowest BCUT2D eigenvalue weighted by atomic mass is 9.48. The molecular formula is C17H28FNO4S. The summed E-state index contributed by atoms with van der Waals surface area (Å²) < 4.78 is 48.9. The highest BCUT2D eigenvalue weighted by molar-refractivity contribution is 7.87. The molecule has 0 aromatic heterocycles. The molecule has 1 atom stereocenters. The number of alkyl halides is 1. The molecule has 4 aliphatic carbocycles. The van der Waals surface area contributed by atoms with Crippen molar-refractivity contribution in [2.45, 2.75) is 69.8 Å². The van der Waals surface area contributed by atoms with Gasteiger partial charge in [0.15, 0.2) is 0 Å². The first-order chi connectivity index (χ1) is 11.0. The number of carbonyl (C=O) groups excluding carboxylic acids is 1. The summed E-state index contributed by atoms with van der Waals surface area (Å²) in [6.45, 7) is 3.38. The van der Waals surface area contributed by atoms with E-state index in [0.717, 1.165) is 43.4 Å². The molecule has 4 bridgehead atoms. The quantitative estimate of drug-likeness (QED) is 0.764. The van der Waals surface area contributed by atoms with Crippen LogP contribution in [0.2, 0.25) is 0 Å². The Labute approximate surface area is 143 Å².